The van der Waals surface area contributed by atoms with Crippen molar-refractivity contribution < 1.29 is 15.0 Å². The fraction of sp³-hybridized carbons (Fsp3) is 0.450. The number of Topliss-reactive ketones (excluding diaryl/α,β-unsaturated/α-hetero) is 1. The molecule has 33 heavy (non-hydrogen) atoms. The molecule has 0 spiro atoms. The highest BCUT2D eigenvalue weighted by Gasteiger charge is 2.74. The van der Waals surface area contributed by atoms with Gasteiger partial charge in [-0.2, -0.15) is 19.7 Å². The number of rotatable bonds is 5. The van der Waals surface area contributed by atoms with Crippen molar-refractivity contribution in [2.75, 3.05) is 12.4 Å². The molecule has 2 aliphatic rings. The Balaban J connectivity index is 1.45. The lowest BCUT2D eigenvalue weighted by atomic mass is 9.95. The van der Waals surface area contributed by atoms with Crippen LogP contribution >= 0.6 is 0 Å². The first kappa shape index (κ1) is 19.9. The van der Waals surface area contributed by atoms with Gasteiger partial charge in [-0.1, -0.05) is 5.21 Å². The zero-order valence-corrected chi connectivity index (χ0v) is 18.2. The summed E-state index contributed by atoms with van der Waals surface area (Å²) in [4.78, 5) is 25.9. The van der Waals surface area contributed by atoms with Crippen molar-refractivity contribution in [3.63, 3.8) is 0 Å². The van der Waals surface area contributed by atoms with Crippen LogP contribution in [-0.2, 0) is 11.8 Å². The van der Waals surface area contributed by atoms with E-state index in [-0.39, 0.29) is 17.6 Å². The first-order valence-electron chi connectivity index (χ1n) is 10.6. The fourth-order valence-electron chi connectivity index (χ4n) is 5.22. The minimum Gasteiger partial charge on any atom is -0.389 e. The van der Waals surface area contributed by atoms with Crippen molar-refractivity contribution in [2.45, 2.75) is 31.6 Å². The molecule has 0 saturated heterocycles. The van der Waals surface area contributed by atoms with Gasteiger partial charge in [-0.3, -0.25) is 9.48 Å². The Labute approximate surface area is 187 Å². The Kier molecular flexibility index (Phi) is 4.02. The van der Waals surface area contributed by atoms with E-state index in [0.29, 0.717) is 29.1 Å². The molecule has 2 unspecified atom stereocenters. The molecule has 2 saturated carbocycles. The van der Waals surface area contributed by atoms with E-state index in [1.165, 1.54) is 11.6 Å². The van der Waals surface area contributed by atoms with Gasteiger partial charge in [0.25, 0.3) is 5.95 Å². The summed E-state index contributed by atoms with van der Waals surface area (Å²) in [5, 5.41) is 37.0. The molecule has 4 aromatic rings. The molecule has 5 atom stereocenters. The molecule has 170 valence electrons. The van der Waals surface area contributed by atoms with Gasteiger partial charge in [0.2, 0.25) is 0 Å². The Morgan fingerprint density at radius 2 is 2.09 bits per heavy atom. The zero-order valence-electron chi connectivity index (χ0n) is 18.2. The number of aromatic nitrogens is 9. The van der Waals surface area contributed by atoms with Crippen molar-refractivity contribution in [1.29, 1.82) is 0 Å². The predicted octanol–water partition coefficient (Wildman–Crippen LogP) is -0.279. The topological polar surface area (TPSA) is 162 Å². The van der Waals surface area contributed by atoms with Crippen molar-refractivity contribution in [2.24, 2.45) is 18.4 Å². The van der Waals surface area contributed by atoms with Crippen LogP contribution in [0.1, 0.15) is 19.4 Å². The maximum atomic E-state index is 12.2. The third-order valence-corrected chi connectivity index (χ3v) is 6.99. The molecule has 0 bridgehead atoms. The van der Waals surface area contributed by atoms with Gasteiger partial charge in [-0.05, 0) is 19.3 Å². The summed E-state index contributed by atoms with van der Waals surface area (Å²) in [5.74, 6) is 0.451. The number of aliphatic hydroxyl groups excluding tert-OH is 2. The molecule has 13 nitrogen and oxygen atoms in total. The molecule has 4 aromatic heterocycles. The standard InChI is InChI=1S/C20H22N10O3/c1-9(31)20-4-11(20)14(15(32)16(20)33)29-8-22-13-17(21-2)24-19(25-18(13)29)30-7-12(26-27-30)10-5-23-28(3)6-10/h5-8,11,14-16,32-33H,4H2,1-3H3,(H,21,24,25)/t11?,14-,15+,16?,20+/m1/s1. The number of nitrogens with one attached hydrogen (secondary N) is 1. The average Bonchev–Trinajstić information content (AvgIpc) is 3.20. The smallest absolute Gasteiger partial charge is 0.256 e. The Morgan fingerprint density at radius 3 is 2.76 bits per heavy atom. The number of carbonyl (C=O) groups excluding carboxylic acids is 1. The SMILES string of the molecule is CNc1nc(-n2cc(-c3cnn(C)c3)nn2)nc2c1ncn2[C@@H]1C2C[C@@]2(C(C)=O)C(O)[C@H]1O. The predicted molar refractivity (Wildman–Crippen MR) is 114 cm³/mol. The van der Waals surface area contributed by atoms with Gasteiger partial charge in [0.15, 0.2) is 17.0 Å². The van der Waals surface area contributed by atoms with Gasteiger partial charge in [-0.25, -0.2) is 4.98 Å². The van der Waals surface area contributed by atoms with Crippen LogP contribution in [0.2, 0.25) is 0 Å². The lowest BCUT2D eigenvalue weighted by Crippen LogP contribution is -2.36. The molecule has 6 rings (SSSR count). The quantitative estimate of drug-likeness (QED) is 0.369. The van der Waals surface area contributed by atoms with E-state index >= 15 is 0 Å². The van der Waals surface area contributed by atoms with E-state index in [0.717, 1.165) is 5.56 Å². The molecule has 0 aliphatic heterocycles. The highest BCUT2D eigenvalue weighted by Crippen LogP contribution is 2.68. The van der Waals surface area contributed by atoms with Crippen LogP contribution < -0.4 is 5.32 Å². The van der Waals surface area contributed by atoms with Crippen LogP contribution in [0.3, 0.4) is 0 Å². The molecular weight excluding hydrogens is 428 g/mol. The third kappa shape index (κ3) is 2.63. The van der Waals surface area contributed by atoms with Gasteiger partial charge in [0, 0.05) is 25.9 Å². The number of nitrogens with zero attached hydrogens (tertiary/aromatic N) is 9. The molecule has 2 fully saturated rings. The van der Waals surface area contributed by atoms with Crippen molar-refractivity contribution in [3.8, 4) is 17.2 Å². The number of ketones is 1. The maximum Gasteiger partial charge on any atom is 0.256 e. The van der Waals surface area contributed by atoms with Crippen LogP contribution in [0, 0.1) is 11.3 Å². The largest absolute Gasteiger partial charge is 0.389 e. The van der Waals surface area contributed by atoms with E-state index in [9.17, 15) is 15.0 Å². The summed E-state index contributed by atoms with van der Waals surface area (Å²) in [5.41, 5.74) is 1.50. The number of aliphatic hydroxyl groups is 2. The zero-order chi connectivity index (χ0) is 23.1. The third-order valence-electron chi connectivity index (χ3n) is 6.99. The molecule has 4 heterocycles. The van der Waals surface area contributed by atoms with Crippen LogP contribution in [0.25, 0.3) is 28.4 Å². The number of hydrogen-bond acceptors (Lipinski definition) is 10. The van der Waals surface area contributed by atoms with E-state index in [1.807, 2.05) is 13.2 Å². The summed E-state index contributed by atoms with van der Waals surface area (Å²) in [6, 6.07) is -0.525. The van der Waals surface area contributed by atoms with Crippen LogP contribution in [0.15, 0.2) is 24.9 Å². The summed E-state index contributed by atoms with van der Waals surface area (Å²) >= 11 is 0. The molecule has 13 heteroatoms. The van der Waals surface area contributed by atoms with Crippen LogP contribution in [0.5, 0.6) is 0 Å². The van der Waals surface area contributed by atoms with Crippen molar-refractivity contribution in [1.82, 2.24) is 44.3 Å². The van der Waals surface area contributed by atoms with Gasteiger partial charge in [0.1, 0.15) is 17.6 Å². The number of carbonyl (C=O) groups is 1. The van der Waals surface area contributed by atoms with Crippen LogP contribution in [0.4, 0.5) is 5.82 Å². The van der Waals surface area contributed by atoms with E-state index in [4.69, 9.17) is 0 Å². The Hall–Kier alpha value is -3.71. The molecule has 0 radical (unpaired) electrons. The van der Waals surface area contributed by atoms with E-state index in [2.05, 4.69) is 35.7 Å². The number of aryl methyl sites for hydroxylation is 1. The Bertz CT molecular complexity index is 1410. The normalized spacial score (nSPS) is 28.3. The van der Waals surface area contributed by atoms with E-state index in [1.54, 1.807) is 35.0 Å². The second kappa shape index (κ2) is 6.65. The molecule has 3 N–H and O–H groups in total. The molecule has 0 amide bonds. The molecule has 0 aromatic carbocycles. The number of fused-ring (bicyclic) bond motifs is 2. The second-order valence-corrected chi connectivity index (χ2v) is 8.73. The highest BCUT2D eigenvalue weighted by atomic mass is 16.3. The maximum absolute atomic E-state index is 12.2. The fourth-order valence-corrected chi connectivity index (χ4v) is 5.22. The first-order chi connectivity index (χ1) is 15.8. The lowest BCUT2D eigenvalue weighted by molar-refractivity contribution is -0.128. The van der Waals surface area contributed by atoms with E-state index < -0.39 is 23.7 Å². The number of hydrogen-bond donors (Lipinski definition) is 3. The number of imidazole rings is 1. The van der Waals surface area contributed by atoms with Crippen LogP contribution in [-0.4, -0.2) is 79.5 Å². The summed E-state index contributed by atoms with van der Waals surface area (Å²) in [6.07, 6.45) is 5.09. The van der Waals surface area contributed by atoms with Gasteiger partial charge in [0.05, 0.1) is 36.3 Å². The number of anilines is 1. The first-order valence-corrected chi connectivity index (χ1v) is 10.6. The Morgan fingerprint density at radius 1 is 1.27 bits per heavy atom. The summed E-state index contributed by atoms with van der Waals surface area (Å²) in [6.45, 7) is 1.47. The average molecular weight is 450 g/mol. The monoisotopic (exact) mass is 450 g/mol. The lowest BCUT2D eigenvalue weighted by Gasteiger charge is -2.23. The minimum atomic E-state index is -1.12. The molecular formula is C20H22N10O3. The van der Waals surface area contributed by atoms with Gasteiger partial charge in [-0.15, -0.1) is 5.10 Å². The van der Waals surface area contributed by atoms with Crippen molar-refractivity contribution >= 4 is 22.8 Å². The highest BCUT2D eigenvalue weighted by molar-refractivity contribution is 5.88. The summed E-state index contributed by atoms with van der Waals surface area (Å²) in [7, 11) is 3.54. The second-order valence-electron chi connectivity index (χ2n) is 8.73. The van der Waals surface area contributed by atoms with Gasteiger partial charge < -0.3 is 20.1 Å². The van der Waals surface area contributed by atoms with Crippen molar-refractivity contribution in [3.05, 3.63) is 24.9 Å². The minimum absolute atomic E-state index is 0.109. The summed E-state index contributed by atoms with van der Waals surface area (Å²) < 4.78 is 4.86. The molecule has 2 aliphatic carbocycles. The van der Waals surface area contributed by atoms with Gasteiger partial charge >= 0.3 is 0 Å².